The van der Waals surface area contributed by atoms with Crippen molar-refractivity contribution in [1.29, 1.82) is 0 Å². The first-order valence-corrected chi connectivity index (χ1v) is 9.41. The van der Waals surface area contributed by atoms with E-state index in [-0.39, 0.29) is 6.42 Å². The van der Waals surface area contributed by atoms with Crippen molar-refractivity contribution >= 4 is 34.1 Å². The lowest BCUT2D eigenvalue weighted by molar-refractivity contribution is -0.313. The second-order valence-electron chi connectivity index (χ2n) is 6.60. The summed E-state index contributed by atoms with van der Waals surface area (Å²) in [6, 6.07) is 0. The number of thiophene rings is 1. The Morgan fingerprint density at radius 1 is 1.08 bits per heavy atom. The van der Waals surface area contributed by atoms with Crippen molar-refractivity contribution in [3.8, 4) is 0 Å². The van der Waals surface area contributed by atoms with E-state index in [2.05, 4.69) is 5.32 Å². The Morgan fingerprint density at radius 3 is 2.44 bits per heavy atom. The van der Waals surface area contributed by atoms with Crippen molar-refractivity contribution < 1.29 is 19.5 Å². The average molecular weight is 361 g/mol. The third kappa shape index (κ3) is 3.61. The summed E-state index contributed by atoms with van der Waals surface area (Å²) >= 11 is 1.39. The number of nitrogens with two attached hydrogens (primary N) is 1. The molecule has 2 aliphatic carbocycles. The van der Waals surface area contributed by atoms with Gasteiger partial charge in [0, 0.05) is 16.8 Å². The Balaban J connectivity index is 1.87. The maximum absolute atomic E-state index is 12.7. The van der Waals surface area contributed by atoms with Crippen LogP contribution in [0.4, 0.5) is 5.00 Å². The van der Waals surface area contributed by atoms with E-state index in [1.807, 2.05) is 6.08 Å². The molecule has 0 fully saturated rings. The molecule has 1 aromatic heterocycles. The molecule has 7 heteroatoms. The van der Waals surface area contributed by atoms with E-state index >= 15 is 0 Å². The Labute approximate surface area is 150 Å². The number of anilines is 1. The van der Waals surface area contributed by atoms with Gasteiger partial charge < -0.3 is 21.0 Å². The van der Waals surface area contributed by atoms with Crippen molar-refractivity contribution in [2.24, 2.45) is 17.6 Å². The Kier molecular flexibility index (Phi) is 5.22. The molecule has 1 heterocycles. The van der Waals surface area contributed by atoms with Gasteiger partial charge in [0.25, 0.3) is 5.91 Å². The summed E-state index contributed by atoms with van der Waals surface area (Å²) in [7, 11) is 0. The highest BCUT2D eigenvalue weighted by Crippen LogP contribution is 2.38. The van der Waals surface area contributed by atoms with Gasteiger partial charge in [0.1, 0.15) is 5.00 Å². The third-order valence-corrected chi connectivity index (χ3v) is 6.18. The third-order valence-electron chi connectivity index (χ3n) is 4.98. The van der Waals surface area contributed by atoms with E-state index in [1.54, 1.807) is 6.08 Å². The van der Waals surface area contributed by atoms with Gasteiger partial charge in [-0.2, -0.15) is 0 Å². The highest BCUT2D eigenvalue weighted by atomic mass is 32.1. The summed E-state index contributed by atoms with van der Waals surface area (Å²) < 4.78 is 0. The molecule has 134 valence electrons. The molecular weight excluding hydrogens is 340 g/mol. The van der Waals surface area contributed by atoms with Crippen LogP contribution < -0.4 is 16.2 Å². The normalized spacial score (nSPS) is 22.7. The number of allylic oxidation sites excluding steroid dienone is 2. The molecule has 0 unspecified atom stereocenters. The van der Waals surface area contributed by atoms with Gasteiger partial charge in [-0.15, -0.1) is 11.3 Å². The van der Waals surface area contributed by atoms with E-state index in [1.165, 1.54) is 11.3 Å². The Bertz CT molecular complexity index is 738. The largest absolute Gasteiger partial charge is 0.550 e. The van der Waals surface area contributed by atoms with Gasteiger partial charge >= 0.3 is 0 Å². The van der Waals surface area contributed by atoms with E-state index in [0.717, 1.165) is 42.5 Å². The molecule has 3 N–H and O–H groups in total. The van der Waals surface area contributed by atoms with Gasteiger partial charge in [-0.3, -0.25) is 9.59 Å². The molecular formula is C18H21N2O4S-. The zero-order valence-electron chi connectivity index (χ0n) is 13.9. The molecule has 0 aliphatic heterocycles. The first-order valence-electron chi connectivity index (χ1n) is 8.60. The Morgan fingerprint density at radius 2 is 1.76 bits per heavy atom. The van der Waals surface area contributed by atoms with Crippen molar-refractivity contribution in [1.82, 2.24) is 0 Å². The standard InChI is InChI=1S/C18H22N2O4S/c19-15(21)14-12-8-2-1-3-9-13(12)25-17(14)20-16(22)10-6-4-5-7-11(10)18(23)24/h4-5,10-11H,1-3,6-9H2,(H2,19,21)(H,20,22)(H,23,24)/p-1/t10-,11+/m1/s1. The second kappa shape index (κ2) is 7.39. The smallest absolute Gasteiger partial charge is 0.251 e. The van der Waals surface area contributed by atoms with Gasteiger partial charge in [-0.1, -0.05) is 18.6 Å². The molecule has 1 aromatic rings. The summed E-state index contributed by atoms with van der Waals surface area (Å²) in [4.78, 5) is 37.0. The lowest BCUT2D eigenvalue weighted by Crippen LogP contribution is -2.41. The summed E-state index contributed by atoms with van der Waals surface area (Å²) in [6.07, 6.45) is 9.03. The van der Waals surface area contributed by atoms with Gasteiger partial charge in [-0.25, -0.2) is 0 Å². The van der Waals surface area contributed by atoms with E-state index in [9.17, 15) is 19.5 Å². The highest BCUT2D eigenvalue weighted by Gasteiger charge is 2.32. The van der Waals surface area contributed by atoms with Crippen LogP contribution in [-0.2, 0) is 22.4 Å². The van der Waals surface area contributed by atoms with Crippen molar-refractivity contribution in [3.05, 3.63) is 28.2 Å². The van der Waals surface area contributed by atoms with Crippen molar-refractivity contribution in [3.63, 3.8) is 0 Å². The summed E-state index contributed by atoms with van der Waals surface area (Å²) in [5.41, 5.74) is 6.91. The number of carbonyl (C=O) groups is 3. The van der Waals surface area contributed by atoms with Crippen LogP contribution in [0, 0.1) is 11.8 Å². The zero-order chi connectivity index (χ0) is 18.0. The topological polar surface area (TPSA) is 112 Å². The van der Waals surface area contributed by atoms with Crippen molar-refractivity contribution in [2.75, 3.05) is 5.32 Å². The van der Waals surface area contributed by atoms with Crippen LogP contribution in [0.15, 0.2) is 12.2 Å². The van der Waals surface area contributed by atoms with Gasteiger partial charge in [0.15, 0.2) is 0 Å². The summed E-state index contributed by atoms with van der Waals surface area (Å²) in [5.74, 6) is -3.70. The number of rotatable bonds is 4. The maximum atomic E-state index is 12.7. The molecule has 0 saturated heterocycles. The van der Waals surface area contributed by atoms with Crippen LogP contribution in [0.3, 0.4) is 0 Å². The molecule has 25 heavy (non-hydrogen) atoms. The highest BCUT2D eigenvalue weighted by molar-refractivity contribution is 7.17. The Hall–Kier alpha value is -2.15. The van der Waals surface area contributed by atoms with E-state index < -0.39 is 29.6 Å². The summed E-state index contributed by atoms with van der Waals surface area (Å²) in [5, 5.41) is 14.5. The van der Waals surface area contributed by atoms with Crippen LogP contribution in [0.2, 0.25) is 0 Å². The molecule has 0 bridgehead atoms. The average Bonchev–Trinajstić information content (AvgIpc) is 2.76. The number of carbonyl (C=O) groups excluding carboxylic acids is 3. The molecule has 6 nitrogen and oxygen atoms in total. The van der Waals surface area contributed by atoms with Gasteiger partial charge in [0.05, 0.1) is 11.5 Å². The maximum Gasteiger partial charge on any atom is 0.251 e. The molecule has 2 atom stereocenters. The van der Waals surface area contributed by atoms with Crippen LogP contribution in [0.5, 0.6) is 0 Å². The number of hydrogen-bond acceptors (Lipinski definition) is 5. The number of amides is 2. The lowest BCUT2D eigenvalue weighted by atomic mass is 9.82. The fourth-order valence-electron chi connectivity index (χ4n) is 3.66. The van der Waals surface area contributed by atoms with Gasteiger partial charge in [-0.05, 0) is 44.1 Å². The van der Waals surface area contributed by atoms with Gasteiger partial charge in [0.2, 0.25) is 5.91 Å². The predicted octanol–water partition coefficient (Wildman–Crippen LogP) is 1.39. The minimum atomic E-state index is -1.22. The SMILES string of the molecule is NC(=O)c1c(NC(=O)[C@@H]2CC=CC[C@@H]2C(=O)[O-])sc2c1CCCCC2. The molecule has 0 spiro atoms. The molecule has 2 amide bonds. The predicted molar refractivity (Wildman–Crippen MR) is 93.1 cm³/mol. The fourth-order valence-corrected chi connectivity index (χ4v) is 4.96. The van der Waals surface area contributed by atoms with Crippen molar-refractivity contribution in [2.45, 2.75) is 44.9 Å². The summed E-state index contributed by atoms with van der Waals surface area (Å²) in [6.45, 7) is 0. The number of fused-ring (bicyclic) bond motifs is 1. The first kappa shape index (κ1) is 17.7. The van der Waals surface area contributed by atoms with E-state index in [0.29, 0.717) is 17.0 Å². The fraction of sp³-hybridized carbons (Fsp3) is 0.500. The minimum absolute atomic E-state index is 0.282. The molecule has 3 rings (SSSR count). The minimum Gasteiger partial charge on any atom is -0.550 e. The number of nitrogens with one attached hydrogen (secondary N) is 1. The number of hydrogen-bond donors (Lipinski definition) is 2. The van der Waals surface area contributed by atoms with Crippen LogP contribution in [0.1, 0.15) is 52.9 Å². The lowest BCUT2D eigenvalue weighted by Gasteiger charge is -2.28. The van der Waals surface area contributed by atoms with E-state index in [4.69, 9.17) is 5.73 Å². The number of aryl methyl sites for hydroxylation is 1. The number of carboxylic acids is 1. The number of aliphatic carboxylic acids is 1. The second-order valence-corrected chi connectivity index (χ2v) is 7.70. The molecule has 0 radical (unpaired) electrons. The van der Waals surface area contributed by atoms with Crippen LogP contribution >= 0.6 is 11.3 Å². The zero-order valence-corrected chi connectivity index (χ0v) is 14.7. The van der Waals surface area contributed by atoms with Crippen LogP contribution in [-0.4, -0.2) is 17.8 Å². The number of carboxylic acid groups (broad SMARTS) is 1. The molecule has 0 aromatic carbocycles. The first-order chi connectivity index (χ1) is 12.0. The molecule has 0 saturated carbocycles. The van der Waals surface area contributed by atoms with Crippen LogP contribution in [0.25, 0.3) is 0 Å². The molecule has 2 aliphatic rings. The number of primary amides is 1. The quantitative estimate of drug-likeness (QED) is 0.623. The monoisotopic (exact) mass is 361 g/mol.